The van der Waals surface area contributed by atoms with Gasteiger partial charge in [0, 0.05) is 18.6 Å². The quantitative estimate of drug-likeness (QED) is 0.654. The van der Waals surface area contributed by atoms with E-state index in [-0.39, 0.29) is 11.4 Å². The highest BCUT2D eigenvalue weighted by atomic mass is 16.2. The summed E-state index contributed by atoms with van der Waals surface area (Å²) in [5.74, 6) is 0.128. The number of carbonyl (C=O) groups excluding carboxylic acids is 1. The Kier molecular flexibility index (Phi) is 3.09. The van der Waals surface area contributed by atoms with Crippen molar-refractivity contribution in [3.8, 4) is 0 Å². The molecule has 0 aromatic heterocycles. The molecule has 0 aromatic rings. The number of piperazine rings is 1. The van der Waals surface area contributed by atoms with Crippen LogP contribution in [0.2, 0.25) is 0 Å². The van der Waals surface area contributed by atoms with Gasteiger partial charge in [-0.1, -0.05) is 6.08 Å². The average Bonchev–Trinajstić information content (AvgIpc) is 2.07. The summed E-state index contributed by atoms with van der Waals surface area (Å²) in [4.78, 5) is 13.3. The van der Waals surface area contributed by atoms with E-state index in [4.69, 9.17) is 0 Å². The Morgan fingerprint density at radius 2 is 2.38 bits per heavy atom. The first-order valence-electron chi connectivity index (χ1n) is 4.69. The van der Waals surface area contributed by atoms with Crippen molar-refractivity contribution in [3.63, 3.8) is 0 Å². The van der Waals surface area contributed by atoms with Crippen molar-refractivity contribution >= 4 is 5.91 Å². The van der Waals surface area contributed by atoms with E-state index < -0.39 is 0 Å². The first-order valence-corrected chi connectivity index (χ1v) is 4.69. The van der Waals surface area contributed by atoms with Crippen LogP contribution in [0.15, 0.2) is 12.7 Å². The van der Waals surface area contributed by atoms with Gasteiger partial charge in [-0.2, -0.15) is 0 Å². The van der Waals surface area contributed by atoms with Gasteiger partial charge in [0.2, 0.25) is 5.91 Å². The first kappa shape index (κ1) is 10.3. The van der Waals surface area contributed by atoms with E-state index >= 15 is 0 Å². The fraction of sp³-hybridized carbons (Fsp3) is 0.700. The van der Waals surface area contributed by atoms with Crippen molar-refractivity contribution in [2.24, 2.45) is 0 Å². The summed E-state index contributed by atoms with van der Waals surface area (Å²) < 4.78 is 0. The molecule has 0 saturated carbocycles. The molecule has 0 atom stereocenters. The van der Waals surface area contributed by atoms with E-state index in [2.05, 4.69) is 30.6 Å². The number of nitrogens with one attached hydrogen (secondary N) is 1. The first-order chi connectivity index (χ1) is 6.06. The van der Waals surface area contributed by atoms with Crippen LogP contribution < -0.4 is 5.32 Å². The van der Waals surface area contributed by atoms with E-state index in [1.54, 1.807) is 0 Å². The molecule has 1 aliphatic heterocycles. The van der Waals surface area contributed by atoms with E-state index in [1.165, 1.54) is 0 Å². The summed E-state index contributed by atoms with van der Waals surface area (Å²) in [6.45, 7) is 10.2. The van der Waals surface area contributed by atoms with Crippen LogP contribution in [-0.4, -0.2) is 36.0 Å². The maximum atomic E-state index is 11.1. The van der Waals surface area contributed by atoms with Crippen molar-refractivity contribution in [1.29, 1.82) is 0 Å². The Labute approximate surface area is 79.8 Å². The predicted octanol–water partition coefficient (Wildman–Crippen LogP) is 0.773. The smallest absolute Gasteiger partial charge is 0.234 e. The number of hydrogen-bond donors (Lipinski definition) is 1. The lowest BCUT2D eigenvalue weighted by molar-refractivity contribution is -0.127. The third-order valence-corrected chi connectivity index (χ3v) is 2.51. The summed E-state index contributed by atoms with van der Waals surface area (Å²) >= 11 is 0. The topological polar surface area (TPSA) is 32.3 Å². The largest absolute Gasteiger partial charge is 0.353 e. The van der Waals surface area contributed by atoms with Crippen LogP contribution in [0, 0.1) is 0 Å². The molecule has 13 heavy (non-hydrogen) atoms. The van der Waals surface area contributed by atoms with Crippen LogP contribution >= 0.6 is 0 Å². The Morgan fingerprint density at radius 1 is 1.69 bits per heavy atom. The fourth-order valence-electron chi connectivity index (χ4n) is 1.50. The second-order valence-electron chi connectivity index (χ2n) is 4.09. The summed E-state index contributed by atoms with van der Waals surface area (Å²) in [6, 6.07) is 0. The SMILES string of the molecule is C=CCCN1CC(=O)NCC1(C)C. The molecular weight excluding hydrogens is 164 g/mol. The van der Waals surface area contributed by atoms with Crippen molar-refractivity contribution in [2.75, 3.05) is 19.6 Å². The molecular formula is C10H18N2O. The third kappa shape index (κ3) is 2.56. The lowest BCUT2D eigenvalue weighted by atomic mass is 10.00. The van der Waals surface area contributed by atoms with Crippen LogP contribution in [-0.2, 0) is 4.79 Å². The molecule has 1 heterocycles. The van der Waals surface area contributed by atoms with Crippen molar-refractivity contribution in [2.45, 2.75) is 25.8 Å². The van der Waals surface area contributed by atoms with E-state index in [0.717, 1.165) is 19.5 Å². The van der Waals surface area contributed by atoms with Gasteiger partial charge in [0.25, 0.3) is 0 Å². The molecule has 1 aliphatic rings. The van der Waals surface area contributed by atoms with Crippen LogP contribution in [0.25, 0.3) is 0 Å². The minimum atomic E-state index is 0.0803. The van der Waals surface area contributed by atoms with Gasteiger partial charge in [-0.3, -0.25) is 9.69 Å². The minimum absolute atomic E-state index is 0.0803. The Morgan fingerprint density at radius 3 is 3.00 bits per heavy atom. The lowest BCUT2D eigenvalue weighted by Gasteiger charge is -2.41. The molecule has 0 radical (unpaired) electrons. The summed E-state index contributed by atoms with van der Waals surface area (Å²) in [6.07, 6.45) is 2.83. The zero-order valence-electron chi connectivity index (χ0n) is 8.47. The van der Waals surface area contributed by atoms with Gasteiger partial charge in [-0.05, 0) is 20.3 Å². The average molecular weight is 182 g/mol. The maximum absolute atomic E-state index is 11.1. The van der Waals surface area contributed by atoms with Crippen molar-refractivity contribution in [3.05, 3.63) is 12.7 Å². The monoisotopic (exact) mass is 182 g/mol. The van der Waals surface area contributed by atoms with Gasteiger partial charge in [-0.15, -0.1) is 6.58 Å². The number of rotatable bonds is 3. The normalized spacial score (nSPS) is 22.5. The van der Waals surface area contributed by atoms with Gasteiger partial charge >= 0.3 is 0 Å². The minimum Gasteiger partial charge on any atom is -0.353 e. The highest BCUT2D eigenvalue weighted by Crippen LogP contribution is 2.16. The summed E-state index contributed by atoms with van der Waals surface area (Å²) in [5.41, 5.74) is 0.0803. The second-order valence-corrected chi connectivity index (χ2v) is 4.09. The molecule has 0 aliphatic carbocycles. The van der Waals surface area contributed by atoms with E-state index in [0.29, 0.717) is 6.54 Å². The predicted molar refractivity (Wildman–Crippen MR) is 53.5 cm³/mol. The molecule has 74 valence electrons. The van der Waals surface area contributed by atoms with Crippen LogP contribution in [0.5, 0.6) is 0 Å². The molecule has 0 bridgehead atoms. The highest BCUT2D eigenvalue weighted by Gasteiger charge is 2.32. The van der Waals surface area contributed by atoms with Crippen LogP contribution in [0.4, 0.5) is 0 Å². The Hall–Kier alpha value is -0.830. The molecule has 0 spiro atoms. The number of amides is 1. The molecule has 1 saturated heterocycles. The van der Waals surface area contributed by atoms with Gasteiger partial charge < -0.3 is 5.32 Å². The molecule has 3 heteroatoms. The highest BCUT2D eigenvalue weighted by molar-refractivity contribution is 5.79. The number of hydrogen-bond acceptors (Lipinski definition) is 2. The molecule has 1 rings (SSSR count). The third-order valence-electron chi connectivity index (χ3n) is 2.51. The van der Waals surface area contributed by atoms with E-state index in [1.807, 2.05) is 6.08 Å². The summed E-state index contributed by atoms with van der Waals surface area (Å²) in [5, 5.41) is 2.87. The zero-order chi connectivity index (χ0) is 9.90. The molecule has 0 unspecified atom stereocenters. The van der Waals surface area contributed by atoms with Gasteiger partial charge in [-0.25, -0.2) is 0 Å². The zero-order valence-corrected chi connectivity index (χ0v) is 8.47. The number of nitrogens with zero attached hydrogens (tertiary/aromatic N) is 1. The number of carbonyl (C=O) groups is 1. The van der Waals surface area contributed by atoms with Crippen molar-refractivity contribution < 1.29 is 4.79 Å². The fourth-order valence-corrected chi connectivity index (χ4v) is 1.50. The van der Waals surface area contributed by atoms with Crippen molar-refractivity contribution in [1.82, 2.24) is 10.2 Å². The molecule has 3 nitrogen and oxygen atoms in total. The Balaban J connectivity index is 2.55. The standard InChI is InChI=1S/C10H18N2O/c1-4-5-6-12-7-9(13)11-8-10(12,2)3/h4H,1,5-8H2,2-3H3,(H,11,13). The molecule has 0 aromatic carbocycles. The molecule has 1 amide bonds. The Bertz CT molecular complexity index is 211. The van der Waals surface area contributed by atoms with Crippen LogP contribution in [0.3, 0.4) is 0 Å². The lowest BCUT2D eigenvalue weighted by Crippen LogP contribution is -2.60. The molecule has 1 fully saturated rings. The second kappa shape index (κ2) is 3.92. The van der Waals surface area contributed by atoms with E-state index in [9.17, 15) is 4.79 Å². The van der Waals surface area contributed by atoms with Gasteiger partial charge in [0.05, 0.1) is 6.54 Å². The van der Waals surface area contributed by atoms with Crippen LogP contribution in [0.1, 0.15) is 20.3 Å². The van der Waals surface area contributed by atoms with Gasteiger partial charge in [0.15, 0.2) is 0 Å². The maximum Gasteiger partial charge on any atom is 0.234 e. The molecule has 1 N–H and O–H groups in total. The van der Waals surface area contributed by atoms with Gasteiger partial charge in [0.1, 0.15) is 0 Å². The summed E-state index contributed by atoms with van der Waals surface area (Å²) in [7, 11) is 0.